The summed E-state index contributed by atoms with van der Waals surface area (Å²) < 4.78 is 0. The van der Waals surface area contributed by atoms with Crippen molar-refractivity contribution in [3.05, 3.63) is 59.7 Å². The first-order chi connectivity index (χ1) is 10.3. The van der Waals surface area contributed by atoms with Crippen molar-refractivity contribution in [1.29, 1.82) is 0 Å². The Kier molecular flexibility index (Phi) is 4.98. The van der Waals surface area contributed by atoms with Crippen LogP contribution in [-0.4, -0.2) is 21.6 Å². The third kappa shape index (κ3) is 3.62. The Morgan fingerprint density at radius 1 is 0.810 bits per heavy atom. The van der Waals surface area contributed by atoms with Gasteiger partial charge < -0.3 is 0 Å². The van der Waals surface area contributed by atoms with Crippen molar-refractivity contribution < 1.29 is 0 Å². The molecule has 0 bridgehead atoms. The minimum absolute atomic E-state index is 0.580. The predicted molar refractivity (Wildman–Crippen MR) is 83.9 cm³/mol. The minimum atomic E-state index is 0.580. The van der Waals surface area contributed by atoms with Gasteiger partial charge in [-0.25, -0.2) is 0 Å². The summed E-state index contributed by atoms with van der Waals surface area (Å²) in [5, 5.41) is 8.41. The molecule has 2 N–H and O–H groups in total. The molecule has 3 heterocycles. The van der Waals surface area contributed by atoms with Crippen LogP contribution in [0.2, 0.25) is 0 Å². The Hall–Kier alpha value is -2.76. The van der Waals surface area contributed by atoms with E-state index in [2.05, 4.69) is 31.0 Å². The van der Waals surface area contributed by atoms with E-state index in [9.17, 15) is 0 Å². The number of nitrogens with one attached hydrogen (secondary N) is 2. The molecule has 0 saturated carbocycles. The lowest BCUT2D eigenvalue weighted by atomic mass is 10.2. The highest BCUT2D eigenvalue weighted by Crippen LogP contribution is 2.02. The van der Waals surface area contributed by atoms with Crippen LogP contribution >= 0.6 is 0 Å². The van der Waals surface area contributed by atoms with Gasteiger partial charge in [-0.15, -0.1) is 0 Å². The van der Waals surface area contributed by atoms with E-state index in [0.717, 1.165) is 17.0 Å². The largest absolute Gasteiger partial charge is 0.256 e. The normalized spacial score (nSPS) is 12.9. The molecular formula is C15H18N6. The number of hydrazone groups is 2. The first kappa shape index (κ1) is 14.6. The lowest BCUT2D eigenvalue weighted by Crippen LogP contribution is -2.35. The van der Waals surface area contributed by atoms with E-state index >= 15 is 0 Å². The second kappa shape index (κ2) is 7.14. The Labute approximate surface area is 124 Å². The third-order valence-electron chi connectivity index (χ3n) is 2.61. The fraction of sp³-hybridized carbons (Fsp3) is 0.200. The van der Waals surface area contributed by atoms with E-state index in [-0.39, 0.29) is 0 Å². The van der Waals surface area contributed by atoms with Gasteiger partial charge in [-0.2, -0.15) is 10.2 Å². The number of aromatic nitrogens is 2. The molecule has 2 aromatic rings. The molecule has 1 aliphatic heterocycles. The van der Waals surface area contributed by atoms with Crippen LogP contribution in [0.25, 0.3) is 0 Å². The molecule has 0 aliphatic carbocycles. The van der Waals surface area contributed by atoms with Gasteiger partial charge in [0.1, 0.15) is 11.4 Å². The predicted octanol–water partition coefficient (Wildman–Crippen LogP) is 2.03. The number of aryl methyl sites for hydroxylation is 1. The van der Waals surface area contributed by atoms with Crippen molar-refractivity contribution in [2.24, 2.45) is 10.2 Å². The maximum absolute atomic E-state index is 4.28. The standard InChI is InChI=1S/C13H12N6.C2H6/c1-9-5-6-11(15-8-9)13-18-16-12(17-19-13)10-4-2-3-7-14-10;1-2/h2-8H,1H3,(H,16,17)(H,18,19);1-2H3. The van der Waals surface area contributed by atoms with Crippen LogP contribution in [0.15, 0.2) is 52.9 Å². The van der Waals surface area contributed by atoms with E-state index in [0.29, 0.717) is 11.7 Å². The quantitative estimate of drug-likeness (QED) is 0.883. The molecule has 0 fully saturated rings. The first-order valence-corrected chi connectivity index (χ1v) is 6.85. The van der Waals surface area contributed by atoms with E-state index in [1.807, 2.05) is 51.1 Å². The van der Waals surface area contributed by atoms with Crippen molar-refractivity contribution in [3.63, 3.8) is 0 Å². The lowest BCUT2D eigenvalue weighted by Gasteiger charge is -2.13. The number of pyridine rings is 2. The Morgan fingerprint density at radius 2 is 1.48 bits per heavy atom. The number of amidine groups is 2. The highest BCUT2D eigenvalue weighted by Gasteiger charge is 2.12. The summed E-state index contributed by atoms with van der Waals surface area (Å²) in [6, 6.07) is 9.48. The van der Waals surface area contributed by atoms with Crippen molar-refractivity contribution >= 4 is 11.7 Å². The molecule has 0 saturated heterocycles. The summed E-state index contributed by atoms with van der Waals surface area (Å²) in [7, 11) is 0. The van der Waals surface area contributed by atoms with Crippen LogP contribution in [0.3, 0.4) is 0 Å². The third-order valence-corrected chi connectivity index (χ3v) is 2.61. The second-order valence-electron chi connectivity index (χ2n) is 4.08. The Balaban J connectivity index is 0.000000774. The molecular weight excluding hydrogens is 264 g/mol. The summed E-state index contributed by atoms with van der Waals surface area (Å²) in [6.45, 7) is 5.99. The zero-order valence-electron chi connectivity index (χ0n) is 12.3. The van der Waals surface area contributed by atoms with E-state index < -0.39 is 0 Å². The van der Waals surface area contributed by atoms with E-state index in [1.165, 1.54) is 0 Å². The van der Waals surface area contributed by atoms with Crippen molar-refractivity contribution in [2.75, 3.05) is 0 Å². The highest BCUT2D eigenvalue weighted by molar-refractivity contribution is 6.04. The van der Waals surface area contributed by atoms with Gasteiger partial charge in [0.2, 0.25) is 0 Å². The Morgan fingerprint density at radius 3 is 1.95 bits per heavy atom. The SMILES string of the molecule is CC.Cc1ccc(C2=NNC(c3ccccn3)=NN2)nc1. The van der Waals surface area contributed by atoms with Gasteiger partial charge in [0.05, 0.1) is 0 Å². The van der Waals surface area contributed by atoms with Gasteiger partial charge in [-0.1, -0.05) is 26.0 Å². The van der Waals surface area contributed by atoms with Crippen LogP contribution in [0, 0.1) is 6.92 Å². The van der Waals surface area contributed by atoms with E-state index in [4.69, 9.17) is 0 Å². The second-order valence-corrected chi connectivity index (χ2v) is 4.08. The molecule has 108 valence electrons. The molecule has 6 heteroatoms. The van der Waals surface area contributed by atoms with Crippen LogP contribution < -0.4 is 10.9 Å². The monoisotopic (exact) mass is 282 g/mol. The van der Waals surface area contributed by atoms with Crippen LogP contribution in [0.4, 0.5) is 0 Å². The molecule has 0 atom stereocenters. The number of rotatable bonds is 2. The molecule has 1 aliphatic rings. The molecule has 0 aromatic carbocycles. The molecule has 6 nitrogen and oxygen atoms in total. The summed E-state index contributed by atoms with van der Waals surface area (Å²) in [4.78, 5) is 8.48. The fourth-order valence-electron chi connectivity index (χ4n) is 1.61. The lowest BCUT2D eigenvalue weighted by molar-refractivity contribution is 0.872. The van der Waals surface area contributed by atoms with Crippen LogP contribution in [0.1, 0.15) is 30.8 Å². The highest BCUT2D eigenvalue weighted by atomic mass is 15.5. The fourth-order valence-corrected chi connectivity index (χ4v) is 1.61. The summed E-state index contributed by atoms with van der Waals surface area (Å²) in [6.07, 6.45) is 3.50. The zero-order chi connectivity index (χ0) is 15.1. The number of hydrogen-bond donors (Lipinski definition) is 2. The minimum Gasteiger partial charge on any atom is -0.256 e. The zero-order valence-corrected chi connectivity index (χ0v) is 12.3. The molecule has 0 unspecified atom stereocenters. The van der Waals surface area contributed by atoms with Gasteiger partial charge in [0.25, 0.3) is 0 Å². The summed E-state index contributed by atoms with van der Waals surface area (Å²) >= 11 is 0. The summed E-state index contributed by atoms with van der Waals surface area (Å²) in [5.41, 5.74) is 8.32. The van der Waals surface area contributed by atoms with Gasteiger partial charge in [-0.3, -0.25) is 20.8 Å². The van der Waals surface area contributed by atoms with Crippen molar-refractivity contribution in [3.8, 4) is 0 Å². The van der Waals surface area contributed by atoms with Crippen LogP contribution in [-0.2, 0) is 0 Å². The molecule has 21 heavy (non-hydrogen) atoms. The molecule has 0 spiro atoms. The average molecular weight is 282 g/mol. The molecule has 0 amide bonds. The number of hydrogen-bond acceptors (Lipinski definition) is 6. The molecule has 3 rings (SSSR count). The number of nitrogens with zero attached hydrogens (tertiary/aromatic N) is 4. The van der Waals surface area contributed by atoms with E-state index in [1.54, 1.807) is 12.4 Å². The first-order valence-electron chi connectivity index (χ1n) is 6.85. The molecule has 2 aromatic heterocycles. The van der Waals surface area contributed by atoms with Crippen LogP contribution in [0.5, 0.6) is 0 Å². The van der Waals surface area contributed by atoms with Gasteiger partial charge >= 0.3 is 0 Å². The summed E-state index contributed by atoms with van der Waals surface area (Å²) in [5.74, 6) is 1.16. The smallest absolute Gasteiger partial charge is 0.192 e. The molecule has 0 radical (unpaired) electrons. The van der Waals surface area contributed by atoms with Gasteiger partial charge in [0, 0.05) is 12.4 Å². The van der Waals surface area contributed by atoms with Crippen molar-refractivity contribution in [2.45, 2.75) is 20.8 Å². The topological polar surface area (TPSA) is 74.6 Å². The Bertz CT molecular complexity index is 631. The maximum atomic E-state index is 4.28. The average Bonchev–Trinajstić information content (AvgIpc) is 2.58. The van der Waals surface area contributed by atoms with Gasteiger partial charge in [-0.05, 0) is 30.7 Å². The van der Waals surface area contributed by atoms with Crippen molar-refractivity contribution in [1.82, 2.24) is 20.8 Å². The van der Waals surface area contributed by atoms with Gasteiger partial charge in [0.15, 0.2) is 11.7 Å². The maximum Gasteiger partial charge on any atom is 0.192 e.